The predicted molar refractivity (Wildman–Crippen MR) is 91.0 cm³/mol. The van der Waals surface area contributed by atoms with Crippen LogP contribution in [-0.4, -0.2) is 47.9 Å². The van der Waals surface area contributed by atoms with Crippen LogP contribution in [0.1, 0.15) is 43.1 Å². The van der Waals surface area contributed by atoms with Crippen molar-refractivity contribution in [3.05, 3.63) is 23.6 Å². The summed E-state index contributed by atoms with van der Waals surface area (Å²) in [6.45, 7) is 3.90. The van der Waals surface area contributed by atoms with Gasteiger partial charge in [0.2, 0.25) is 11.8 Å². The molecule has 1 aliphatic rings. The van der Waals surface area contributed by atoms with Gasteiger partial charge in [-0.3, -0.25) is 0 Å². The van der Waals surface area contributed by atoms with E-state index in [0.29, 0.717) is 42.9 Å². The summed E-state index contributed by atoms with van der Waals surface area (Å²) in [4.78, 5) is 13.0. The molecular weight excluding hydrogens is 344 g/mol. The van der Waals surface area contributed by atoms with Crippen molar-refractivity contribution in [2.24, 2.45) is 0 Å². The number of aromatic nitrogens is 4. The first-order valence-electron chi connectivity index (χ1n) is 8.30. The summed E-state index contributed by atoms with van der Waals surface area (Å²) in [5.41, 5.74) is 0.564. The normalized spacial score (nSPS) is 18.2. The number of anilines is 1. The minimum absolute atomic E-state index is 0.0545. The largest absolute Gasteiger partial charge is 0.347 e. The van der Waals surface area contributed by atoms with E-state index in [4.69, 9.17) is 4.52 Å². The van der Waals surface area contributed by atoms with E-state index >= 15 is 0 Å². The van der Waals surface area contributed by atoms with Gasteiger partial charge in [-0.2, -0.15) is 4.98 Å². The van der Waals surface area contributed by atoms with Gasteiger partial charge in [0.05, 0.1) is 18.4 Å². The van der Waals surface area contributed by atoms with Crippen LogP contribution in [0.25, 0.3) is 0 Å². The SMILES string of the molecule is CCc1nc(CNc2ncc(S(C)(=O)=O)c([C@@H]3CCCNC3)n2)no1. The Bertz CT molecular complexity index is 830. The molecule has 2 aromatic rings. The van der Waals surface area contributed by atoms with Gasteiger partial charge in [0.25, 0.3) is 0 Å². The third-order valence-corrected chi connectivity index (χ3v) is 5.20. The van der Waals surface area contributed by atoms with E-state index < -0.39 is 9.84 Å². The quantitative estimate of drug-likeness (QED) is 0.767. The summed E-state index contributed by atoms with van der Waals surface area (Å²) < 4.78 is 29.2. The molecule has 3 rings (SSSR count). The second kappa shape index (κ2) is 7.44. The summed E-state index contributed by atoms with van der Waals surface area (Å²) in [5, 5.41) is 10.2. The summed E-state index contributed by atoms with van der Waals surface area (Å²) in [5.74, 6) is 1.49. The average Bonchev–Trinajstić information content (AvgIpc) is 3.08. The highest BCUT2D eigenvalue weighted by molar-refractivity contribution is 7.90. The predicted octanol–water partition coefficient (Wildman–Crippen LogP) is 0.905. The molecule has 9 nitrogen and oxygen atoms in total. The fourth-order valence-electron chi connectivity index (χ4n) is 2.80. The van der Waals surface area contributed by atoms with Crippen molar-refractivity contribution in [3.8, 4) is 0 Å². The van der Waals surface area contributed by atoms with Crippen molar-refractivity contribution in [2.75, 3.05) is 24.7 Å². The molecular formula is C15H22N6O3S. The minimum Gasteiger partial charge on any atom is -0.347 e. The topological polar surface area (TPSA) is 123 Å². The third kappa shape index (κ3) is 4.31. The van der Waals surface area contributed by atoms with Gasteiger partial charge in [0.1, 0.15) is 4.90 Å². The number of aryl methyl sites for hydroxylation is 1. The fourth-order valence-corrected chi connectivity index (χ4v) is 3.63. The molecule has 10 heteroatoms. The maximum atomic E-state index is 12.1. The van der Waals surface area contributed by atoms with E-state index in [1.807, 2.05) is 6.92 Å². The molecule has 1 fully saturated rings. The fraction of sp³-hybridized carbons (Fsp3) is 0.600. The molecule has 3 heterocycles. The van der Waals surface area contributed by atoms with E-state index in [2.05, 4.69) is 30.7 Å². The molecule has 1 atom stereocenters. The highest BCUT2D eigenvalue weighted by atomic mass is 32.2. The van der Waals surface area contributed by atoms with Crippen LogP contribution in [0.2, 0.25) is 0 Å². The Balaban J connectivity index is 1.82. The van der Waals surface area contributed by atoms with Crippen molar-refractivity contribution < 1.29 is 12.9 Å². The first-order chi connectivity index (χ1) is 12.0. The standard InChI is InChI=1S/C15H22N6O3S/c1-3-13-19-12(21-24-13)9-18-15-17-8-11(25(2,22)23)14(20-15)10-5-4-6-16-7-10/h8,10,16H,3-7,9H2,1-2H3,(H,17,18,20)/t10-/m1/s1. The van der Waals surface area contributed by atoms with Crippen LogP contribution in [0, 0.1) is 0 Å². The Labute approximate surface area is 146 Å². The van der Waals surface area contributed by atoms with Crippen molar-refractivity contribution in [1.29, 1.82) is 0 Å². The smallest absolute Gasteiger partial charge is 0.226 e. The minimum atomic E-state index is -3.39. The first-order valence-corrected chi connectivity index (χ1v) is 10.2. The Morgan fingerprint density at radius 3 is 2.88 bits per heavy atom. The number of sulfone groups is 1. The van der Waals surface area contributed by atoms with Gasteiger partial charge in [-0.25, -0.2) is 18.4 Å². The molecule has 0 bridgehead atoms. The van der Waals surface area contributed by atoms with E-state index in [1.165, 1.54) is 12.5 Å². The van der Waals surface area contributed by atoms with Gasteiger partial charge in [-0.1, -0.05) is 12.1 Å². The average molecular weight is 366 g/mol. The Hall–Kier alpha value is -2.07. The third-order valence-electron chi connectivity index (χ3n) is 4.08. The number of hydrogen-bond donors (Lipinski definition) is 2. The summed E-state index contributed by atoms with van der Waals surface area (Å²) >= 11 is 0. The molecule has 0 saturated carbocycles. The monoisotopic (exact) mass is 366 g/mol. The van der Waals surface area contributed by atoms with E-state index in [0.717, 1.165) is 19.4 Å². The van der Waals surface area contributed by atoms with Crippen molar-refractivity contribution >= 4 is 15.8 Å². The van der Waals surface area contributed by atoms with Crippen molar-refractivity contribution in [3.63, 3.8) is 0 Å². The van der Waals surface area contributed by atoms with E-state index in [1.54, 1.807) is 0 Å². The van der Waals surface area contributed by atoms with Crippen LogP contribution in [0.15, 0.2) is 15.6 Å². The molecule has 0 aromatic carbocycles. The molecule has 2 N–H and O–H groups in total. The highest BCUT2D eigenvalue weighted by Crippen LogP contribution is 2.27. The van der Waals surface area contributed by atoms with Gasteiger partial charge in [0.15, 0.2) is 15.7 Å². The molecule has 0 spiro atoms. The lowest BCUT2D eigenvalue weighted by molar-refractivity contribution is 0.377. The zero-order valence-electron chi connectivity index (χ0n) is 14.3. The highest BCUT2D eigenvalue weighted by Gasteiger charge is 2.25. The van der Waals surface area contributed by atoms with Crippen LogP contribution >= 0.6 is 0 Å². The zero-order chi connectivity index (χ0) is 17.9. The first kappa shape index (κ1) is 17.7. The second-order valence-corrected chi connectivity index (χ2v) is 8.05. The molecule has 1 aliphatic heterocycles. The van der Waals surface area contributed by atoms with Crippen molar-refractivity contribution in [1.82, 2.24) is 25.4 Å². The Kier molecular flexibility index (Phi) is 5.28. The number of nitrogens with one attached hydrogen (secondary N) is 2. The maximum Gasteiger partial charge on any atom is 0.226 e. The lowest BCUT2D eigenvalue weighted by Crippen LogP contribution is -2.30. The van der Waals surface area contributed by atoms with Crippen LogP contribution in [0.5, 0.6) is 0 Å². The lowest BCUT2D eigenvalue weighted by Gasteiger charge is -2.24. The summed E-state index contributed by atoms with van der Waals surface area (Å²) in [6.07, 6.45) is 5.12. The molecule has 1 saturated heterocycles. The van der Waals surface area contributed by atoms with Gasteiger partial charge in [0, 0.05) is 25.1 Å². The maximum absolute atomic E-state index is 12.1. The number of nitrogens with zero attached hydrogens (tertiary/aromatic N) is 4. The molecule has 0 radical (unpaired) electrons. The van der Waals surface area contributed by atoms with Crippen LogP contribution in [0.3, 0.4) is 0 Å². The summed E-state index contributed by atoms with van der Waals surface area (Å²) in [7, 11) is -3.39. The van der Waals surface area contributed by atoms with Crippen LogP contribution < -0.4 is 10.6 Å². The van der Waals surface area contributed by atoms with Gasteiger partial charge in [-0.15, -0.1) is 0 Å². The number of hydrogen-bond acceptors (Lipinski definition) is 9. The molecule has 0 unspecified atom stereocenters. The molecule has 0 aliphatic carbocycles. The molecule has 2 aromatic heterocycles. The molecule has 0 amide bonds. The Morgan fingerprint density at radius 1 is 1.40 bits per heavy atom. The van der Waals surface area contributed by atoms with Gasteiger partial charge >= 0.3 is 0 Å². The van der Waals surface area contributed by atoms with Crippen LogP contribution in [0.4, 0.5) is 5.95 Å². The molecule has 136 valence electrons. The van der Waals surface area contributed by atoms with E-state index in [-0.39, 0.29) is 10.8 Å². The number of rotatable bonds is 6. The second-order valence-electron chi connectivity index (χ2n) is 6.07. The van der Waals surface area contributed by atoms with Gasteiger partial charge < -0.3 is 15.2 Å². The lowest BCUT2D eigenvalue weighted by atomic mass is 9.96. The van der Waals surface area contributed by atoms with Crippen molar-refractivity contribution in [2.45, 2.75) is 43.5 Å². The Morgan fingerprint density at radius 2 is 2.24 bits per heavy atom. The summed E-state index contributed by atoms with van der Waals surface area (Å²) in [6, 6.07) is 0. The molecule has 25 heavy (non-hydrogen) atoms. The number of piperidine rings is 1. The van der Waals surface area contributed by atoms with Crippen LogP contribution in [-0.2, 0) is 22.8 Å². The van der Waals surface area contributed by atoms with Gasteiger partial charge in [-0.05, 0) is 19.4 Å². The zero-order valence-corrected chi connectivity index (χ0v) is 15.1. The van der Waals surface area contributed by atoms with E-state index in [9.17, 15) is 8.42 Å².